The number of primary amides is 1. The fraction of sp³-hybridized carbons (Fsp3) is 0.833. The lowest BCUT2D eigenvalue weighted by molar-refractivity contribution is -0.852. The van der Waals surface area contributed by atoms with Gasteiger partial charge >= 0.3 is 0 Å². The van der Waals surface area contributed by atoms with E-state index in [1.807, 2.05) is 0 Å². The van der Waals surface area contributed by atoms with Crippen molar-refractivity contribution in [1.29, 1.82) is 0 Å². The number of hydrogen-bond acceptors (Lipinski definition) is 4. The molecule has 0 bridgehead atoms. The summed E-state index contributed by atoms with van der Waals surface area (Å²) >= 11 is 0. The molecule has 1 amide bonds. The number of carbonyl (C=O) groups is 1. The number of hydroxylamine groups is 4. The van der Waals surface area contributed by atoms with Crippen LogP contribution in [0.3, 0.4) is 0 Å². The maximum Gasteiger partial charge on any atom is 0.277 e. The Kier molecular flexibility index (Phi) is 2.34. The highest BCUT2D eigenvalue weighted by molar-refractivity contribution is 5.79. The van der Waals surface area contributed by atoms with E-state index in [-0.39, 0.29) is 13.1 Å². The highest BCUT2D eigenvalue weighted by Gasteiger charge is 2.32. The van der Waals surface area contributed by atoms with Crippen LogP contribution in [0.1, 0.15) is 0 Å². The van der Waals surface area contributed by atoms with Crippen molar-refractivity contribution >= 4 is 5.91 Å². The maximum absolute atomic E-state index is 11.1. The average Bonchev–Trinajstić information content (AvgIpc) is 1.94. The number of hydrogen-bond donors (Lipinski definition) is 1. The van der Waals surface area contributed by atoms with E-state index < -0.39 is 16.8 Å². The lowest BCUT2D eigenvalue weighted by Crippen LogP contribution is -2.63. The van der Waals surface area contributed by atoms with Crippen LogP contribution in [0.4, 0.5) is 0 Å². The molecule has 1 heterocycles. The van der Waals surface area contributed by atoms with Gasteiger partial charge in [-0.1, -0.05) is 0 Å². The molecule has 1 aliphatic heterocycles. The van der Waals surface area contributed by atoms with E-state index in [4.69, 9.17) is 5.73 Å². The molecule has 1 fully saturated rings. The van der Waals surface area contributed by atoms with Crippen molar-refractivity contribution in [2.45, 2.75) is 6.04 Å². The summed E-state index contributed by atoms with van der Waals surface area (Å²) in [5.74, 6) is -0.813. The predicted octanol–water partition coefficient (Wildman–Crippen LogP) is -1.40. The molecule has 0 saturated carbocycles. The average molecular weight is 174 g/mol. The van der Waals surface area contributed by atoms with Crippen LogP contribution in [-0.2, 0) is 4.79 Å². The van der Waals surface area contributed by atoms with Crippen LogP contribution >= 0.6 is 0 Å². The van der Waals surface area contributed by atoms with Gasteiger partial charge in [-0.15, -0.1) is 0 Å². The van der Waals surface area contributed by atoms with E-state index in [1.54, 1.807) is 11.9 Å². The SMILES string of the molecule is CN1CC[N+]([O-])([O-])C(C(N)=O)C1. The summed E-state index contributed by atoms with van der Waals surface area (Å²) in [6.07, 6.45) is 0. The molecule has 1 unspecified atom stereocenters. The molecule has 1 rings (SSSR count). The molecule has 0 spiro atoms. The molecule has 0 aromatic rings. The van der Waals surface area contributed by atoms with Gasteiger partial charge in [-0.05, 0) is 7.05 Å². The van der Waals surface area contributed by atoms with Crippen LogP contribution in [0.25, 0.3) is 0 Å². The molecular weight excluding hydrogens is 162 g/mol. The van der Waals surface area contributed by atoms with Gasteiger partial charge in [0, 0.05) is 6.54 Å². The highest BCUT2D eigenvalue weighted by Crippen LogP contribution is 2.15. The lowest BCUT2D eigenvalue weighted by Gasteiger charge is -2.55. The number of nitrogens with two attached hydrogens (primary N) is 1. The Bertz CT molecular complexity index is 194. The summed E-state index contributed by atoms with van der Waals surface area (Å²) < 4.78 is 0. The van der Waals surface area contributed by atoms with Crippen molar-refractivity contribution < 1.29 is 9.60 Å². The molecule has 1 aliphatic rings. The van der Waals surface area contributed by atoms with Crippen LogP contribution in [0.15, 0.2) is 0 Å². The minimum absolute atomic E-state index is 0.121. The zero-order valence-electron chi connectivity index (χ0n) is 6.90. The predicted molar refractivity (Wildman–Crippen MR) is 42.3 cm³/mol. The van der Waals surface area contributed by atoms with Gasteiger partial charge in [0.1, 0.15) is 0 Å². The van der Waals surface area contributed by atoms with E-state index in [0.717, 1.165) is 0 Å². The second kappa shape index (κ2) is 2.98. The Morgan fingerprint density at radius 2 is 2.25 bits per heavy atom. The molecule has 1 atom stereocenters. The Balaban J connectivity index is 2.72. The maximum atomic E-state index is 11.1. The number of amides is 1. The van der Waals surface area contributed by atoms with Crippen molar-refractivity contribution in [1.82, 2.24) is 4.90 Å². The molecule has 0 aromatic heterocycles. The third-order valence-electron chi connectivity index (χ3n) is 2.08. The van der Waals surface area contributed by atoms with Gasteiger partial charge in [0.2, 0.25) is 0 Å². The second-order valence-corrected chi connectivity index (χ2v) is 3.13. The molecule has 70 valence electrons. The minimum Gasteiger partial charge on any atom is -0.631 e. The summed E-state index contributed by atoms with van der Waals surface area (Å²) in [6, 6.07) is -1.16. The number of likely N-dealkylation sites (N-methyl/N-ethyl adjacent to an activating group) is 1. The monoisotopic (exact) mass is 174 g/mol. The van der Waals surface area contributed by atoms with E-state index in [1.165, 1.54) is 0 Å². The molecular formula is C6H12N3O3-. The van der Waals surface area contributed by atoms with Crippen molar-refractivity contribution in [3.63, 3.8) is 0 Å². The van der Waals surface area contributed by atoms with Crippen molar-refractivity contribution in [2.24, 2.45) is 5.73 Å². The number of nitrogens with zero attached hydrogens (tertiary/aromatic N) is 2. The quantitative estimate of drug-likeness (QED) is 0.390. The summed E-state index contributed by atoms with van der Waals surface area (Å²) in [5.41, 5.74) is 4.92. The van der Waals surface area contributed by atoms with Crippen molar-refractivity contribution in [3.05, 3.63) is 10.4 Å². The standard InChI is InChI=1S/C6H12N3O3/c1-8-2-3-9(11,12)5(4-8)6(7)10/h5H,2-4H2,1H3,(H2,7,10)/q-1. The molecule has 6 heteroatoms. The van der Waals surface area contributed by atoms with Crippen molar-refractivity contribution in [3.8, 4) is 0 Å². The van der Waals surface area contributed by atoms with Crippen molar-refractivity contribution in [2.75, 3.05) is 26.7 Å². The van der Waals surface area contributed by atoms with Gasteiger partial charge in [0.25, 0.3) is 5.91 Å². The summed E-state index contributed by atoms with van der Waals surface area (Å²) in [4.78, 5) is 10.7. The van der Waals surface area contributed by atoms with Crippen LogP contribution in [-0.4, -0.2) is 48.3 Å². The first kappa shape index (κ1) is 9.40. The Hall–Kier alpha value is -0.690. The molecule has 12 heavy (non-hydrogen) atoms. The zero-order chi connectivity index (χ0) is 9.35. The fourth-order valence-electron chi connectivity index (χ4n) is 1.26. The molecule has 2 N–H and O–H groups in total. The smallest absolute Gasteiger partial charge is 0.277 e. The number of rotatable bonds is 1. The molecule has 6 nitrogen and oxygen atoms in total. The van der Waals surface area contributed by atoms with Gasteiger partial charge < -0.3 is 21.0 Å². The Morgan fingerprint density at radius 1 is 1.67 bits per heavy atom. The normalized spacial score (nSPS) is 30.1. The summed E-state index contributed by atoms with van der Waals surface area (Å²) in [5, 5.41) is 22.2. The summed E-state index contributed by atoms with van der Waals surface area (Å²) in [6.45, 7) is 0.448. The number of quaternary nitrogens is 1. The third kappa shape index (κ3) is 1.72. The highest BCUT2D eigenvalue weighted by atomic mass is 16.8. The van der Waals surface area contributed by atoms with Gasteiger partial charge in [0.15, 0.2) is 6.04 Å². The molecule has 1 saturated heterocycles. The first-order valence-electron chi connectivity index (χ1n) is 3.71. The van der Waals surface area contributed by atoms with E-state index in [2.05, 4.69) is 0 Å². The minimum atomic E-state index is -1.78. The van der Waals surface area contributed by atoms with Crippen LogP contribution < -0.4 is 5.73 Å². The lowest BCUT2D eigenvalue weighted by atomic mass is 10.2. The second-order valence-electron chi connectivity index (χ2n) is 3.13. The first-order chi connectivity index (χ1) is 5.43. The van der Waals surface area contributed by atoms with Crippen LogP contribution in [0.2, 0.25) is 0 Å². The largest absolute Gasteiger partial charge is 0.631 e. The van der Waals surface area contributed by atoms with Gasteiger partial charge in [0.05, 0.1) is 13.1 Å². The number of carbonyl (C=O) groups excluding carboxylic acids is 1. The van der Waals surface area contributed by atoms with Crippen LogP contribution in [0.5, 0.6) is 0 Å². The van der Waals surface area contributed by atoms with Gasteiger partial charge in [-0.25, -0.2) is 0 Å². The van der Waals surface area contributed by atoms with Gasteiger partial charge in [-0.3, -0.25) is 9.69 Å². The van der Waals surface area contributed by atoms with E-state index >= 15 is 0 Å². The topological polar surface area (TPSA) is 92.4 Å². The summed E-state index contributed by atoms with van der Waals surface area (Å²) in [7, 11) is 1.75. The number of piperazine rings is 1. The van der Waals surface area contributed by atoms with E-state index in [9.17, 15) is 15.2 Å². The third-order valence-corrected chi connectivity index (χ3v) is 2.08. The molecule has 0 aromatic carbocycles. The molecule has 0 radical (unpaired) electrons. The molecule has 0 aliphatic carbocycles. The fourth-order valence-corrected chi connectivity index (χ4v) is 1.26. The van der Waals surface area contributed by atoms with Crippen LogP contribution in [0, 0.1) is 10.4 Å². The van der Waals surface area contributed by atoms with E-state index in [0.29, 0.717) is 6.54 Å². The van der Waals surface area contributed by atoms with Gasteiger partial charge in [-0.2, -0.15) is 0 Å². The Morgan fingerprint density at radius 3 is 2.67 bits per heavy atom. The zero-order valence-corrected chi connectivity index (χ0v) is 6.90. The Labute approximate surface area is 70.3 Å². The first-order valence-corrected chi connectivity index (χ1v) is 3.71.